The third-order valence-corrected chi connectivity index (χ3v) is 6.50. The lowest BCUT2D eigenvalue weighted by atomic mass is 9.65. The quantitative estimate of drug-likeness (QED) is 0.894. The molecular weight excluding hydrogens is 292 g/mol. The molecule has 0 aliphatic heterocycles. The monoisotopic (exact) mass is 320 g/mol. The van der Waals surface area contributed by atoms with Gasteiger partial charge in [-0.05, 0) is 63.5 Å². The standard InChI is InChI=1S/C18H28N2OS/c1-11(8-16-7-6-12(2)22-16)20-18(21)15-9-13-4-3-5-14(10-15)17(13)19/h6-7,11,13-15,17H,3-5,8-10,19H2,1-2H3,(H,20,21). The highest BCUT2D eigenvalue weighted by Gasteiger charge is 2.40. The molecule has 4 heteroatoms. The summed E-state index contributed by atoms with van der Waals surface area (Å²) in [5, 5.41) is 3.24. The predicted molar refractivity (Wildman–Crippen MR) is 91.9 cm³/mol. The van der Waals surface area contributed by atoms with E-state index in [0.717, 1.165) is 19.3 Å². The fourth-order valence-electron chi connectivity index (χ4n) is 4.31. The highest BCUT2D eigenvalue weighted by molar-refractivity contribution is 7.11. The van der Waals surface area contributed by atoms with Crippen molar-refractivity contribution in [2.24, 2.45) is 23.5 Å². The van der Waals surface area contributed by atoms with Crippen molar-refractivity contribution >= 4 is 17.2 Å². The van der Waals surface area contributed by atoms with Gasteiger partial charge in [-0.1, -0.05) is 6.42 Å². The highest BCUT2D eigenvalue weighted by Crippen LogP contribution is 2.41. The molecule has 2 bridgehead atoms. The summed E-state index contributed by atoms with van der Waals surface area (Å²) in [6, 6.07) is 4.87. The Labute approximate surface area is 137 Å². The molecule has 3 N–H and O–H groups in total. The summed E-state index contributed by atoms with van der Waals surface area (Å²) in [4.78, 5) is 15.3. The molecule has 0 spiro atoms. The largest absolute Gasteiger partial charge is 0.353 e. The van der Waals surface area contributed by atoms with E-state index in [9.17, 15) is 4.79 Å². The molecule has 3 atom stereocenters. The number of carbonyl (C=O) groups excluding carboxylic acids is 1. The van der Waals surface area contributed by atoms with Crippen LogP contribution in [0.2, 0.25) is 0 Å². The maximum Gasteiger partial charge on any atom is 0.223 e. The molecule has 3 rings (SSSR count). The van der Waals surface area contributed by atoms with Crippen molar-refractivity contribution in [3.05, 3.63) is 21.9 Å². The van der Waals surface area contributed by atoms with Gasteiger partial charge in [0.2, 0.25) is 5.91 Å². The number of amides is 1. The van der Waals surface area contributed by atoms with Gasteiger partial charge in [0.1, 0.15) is 0 Å². The van der Waals surface area contributed by atoms with Gasteiger partial charge in [-0.2, -0.15) is 0 Å². The second-order valence-corrected chi connectivity index (χ2v) is 8.70. The van der Waals surface area contributed by atoms with Crippen molar-refractivity contribution < 1.29 is 4.79 Å². The van der Waals surface area contributed by atoms with E-state index >= 15 is 0 Å². The normalized spacial score (nSPS) is 32.5. The van der Waals surface area contributed by atoms with E-state index < -0.39 is 0 Å². The minimum atomic E-state index is 0.183. The fraction of sp³-hybridized carbons (Fsp3) is 0.722. The van der Waals surface area contributed by atoms with Gasteiger partial charge in [-0.15, -0.1) is 11.3 Å². The molecule has 122 valence electrons. The molecule has 1 amide bonds. The zero-order chi connectivity index (χ0) is 15.7. The van der Waals surface area contributed by atoms with Crippen LogP contribution >= 0.6 is 11.3 Å². The van der Waals surface area contributed by atoms with E-state index in [1.54, 1.807) is 0 Å². The zero-order valence-electron chi connectivity index (χ0n) is 13.7. The summed E-state index contributed by atoms with van der Waals surface area (Å²) in [5.41, 5.74) is 6.32. The average Bonchev–Trinajstić information content (AvgIpc) is 2.83. The van der Waals surface area contributed by atoms with Crippen LogP contribution in [0.25, 0.3) is 0 Å². The van der Waals surface area contributed by atoms with Gasteiger partial charge in [-0.25, -0.2) is 0 Å². The molecule has 1 aromatic rings. The maximum atomic E-state index is 12.6. The number of thiophene rings is 1. The Kier molecular flexibility index (Phi) is 4.88. The summed E-state index contributed by atoms with van der Waals surface area (Å²) in [6.07, 6.45) is 6.65. The molecule has 2 aliphatic carbocycles. The van der Waals surface area contributed by atoms with Crippen molar-refractivity contribution in [3.63, 3.8) is 0 Å². The molecule has 3 unspecified atom stereocenters. The van der Waals surface area contributed by atoms with Crippen LogP contribution in [0.4, 0.5) is 0 Å². The Morgan fingerprint density at radius 3 is 2.64 bits per heavy atom. The van der Waals surface area contributed by atoms with Crippen molar-refractivity contribution in [2.45, 2.75) is 64.5 Å². The van der Waals surface area contributed by atoms with Gasteiger partial charge < -0.3 is 11.1 Å². The number of aryl methyl sites for hydroxylation is 1. The van der Waals surface area contributed by atoms with Gasteiger partial charge in [-0.3, -0.25) is 4.79 Å². The minimum Gasteiger partial charge on any atom is -0.353 e. The summed E-state index contributed by atoms with van der Waals surface area (Å²) in [7, 11) is 0. The Morgan fingerprint density at radius 2 is 2.05 bits per heavy atom. The molecule has 1 aromatic heterocycles. The summed E-state index contributed by atoms with van der Waals surface area (Å²) in [5.74, 6) is 1.57. The van der Waals surface area contributed by atoms with Crippen LogP contribution in [0.1, 0.15) is 48.8 Å². The summed E-state index contributed by atoms with van der Waals surface area (Å²) in [6.45, 7) is 4.24. The Hall–Kier alpha value is -0.870. The van der Waals surface area contributed by atoms with Gasteiger partial charge in [0.25, 0.3) is 0 Å². The number of rotatable bonds is 4. The molecular formula is C18H28N2OS. The smallest absolute Gasteiger partial charge is 0.223 e. The van der Waals surface area contributed by atoms with Crippen LogP contribution in [0.5, 0.6) is 0 Å². The molecule has 0 saturated heterocycles. The number of hydrogen-bond acceptors (Lipinski definition) is 3. The first-order valence-electron chi connectivity index (χ1n) is 8.64. The molecule has 3 nitrogen and oxygen atoms in total. The topological polar surface area (TPSA) is 55.1 Å². The Bertz CT molecular complexity index is 513. The van der Waals surface area contributed by atoms with Gasteiger partial charge in [0.05, 0.1) is 0 Å². The van der Waals surface area contributed by atoms with E-state index in [1.165, 1.54) is 29.0 Å². The molecule has 2 aliphatic rings. The molecule has 22 heavy (non-hydrogen) atoms. The predicted octanol–water partition coefficient (Wildman–Crippen LogP) is 3.26. The van der Waals surface area contributed by atoms with E-state index in [4.69, 9.17) is 5.73 Å². The van der Waals surface area contributed by atoms with Gasteiger partial charge in [0, 0.05) is 34.2 Å². The number of nitrogens with one attached hydrogen (secondary N) is 1. The molecule has 2 saturated carbocycles. The first-order valence-corrected chi connectivity index (χ1v) is 9.46. The number of hydrogen-bond donors (Lipinski definition) is 2. The summed E-state index contributed by atoms with van der Waals surface area (Å²) >= 11 is 1.82. The van der Waals surface area contributed by atoms with Crippen LogP contribution in [0.3, 0.4) is 0 Å². The van der Waals surface area contributed by atoms with E-state index in [0.29, 0.717) is 17.9 Å². The van der Waals surface area contributed by atoms with E-state index in [1.807, 2.05) is 11.3 Å². The van der Waals surface area contributed by atoms with Crippen LogP contribution in [0, 0.1) is 24.7 Å². The second-order valence-electron chi connectivity index (χ2n) is 7.32. The number of fused-ring (bicyclic) bond motifs is 2. The Balaban J connectivity index is 1.53. The van der Waals surface area contributed by atoms with Crippen LogP contribution < -0.4 is 11.1 Å². The lowest BCUT2D eigenvalue weighted by Crippen LogP contribution is -2.50. The van der Waals surface area contributed by atoms with Gasteiger partial charge >= 0.3 is 0 Å². The van der Waals surface area contributed by atoms with Crippen LogP contribution in [-0.4, -0.2) is 18.0 Å². The summed E-state index contributed by atoms with van der Waals surface area (Å²) < 4.78 is 0. The SMILES string of the molecule is Cc1ccc(CC(C)NC(=O)C2CC3CCCC(C2)C3N)s1. The molecule has 2 fully saturated rings. The molecule has 1 heterocycles. The zero-order valence-corrected chi connectivity index (χ0v) is 14.5. The second kappa shape index (κ2) is 6.71. The highest BCUT2D eigenvalue weighted by atomic mass is 32.1. The van der Waals surface area contributed by atoms with Crippen LogP contribution in [0.15, 0.2) is 12.1 Å². The van der Waals surface area contributed by atoms with Crippen molar-refractivity contribution in [1.29, 1.82) is 0 Å². The average molecular weight is 321 g/mol. The third kappa shape index (κ3) is 3.54. The molecule has 0 aromatic carbocycles. The van der Waals surface area contributed by atoms with Crippen LogP contribution in [-0.2, 0) is 11.2 Å². The van der Waals surface area contributed by atoms with E-state index in [2.05, 4.69) is 31.3 Å². The first-order chi connectivity index (χ1) is 10.5. The van der Waals surface area contributed by atoms with E-state index in [-0.39, 0.29) is 17.9 Å². The van der Waals surface area contributed by atoms with Gasteiger partial charge in [0.15, 0.2) is 0 Å². The minimum absolute atomic E-state index is 0.183. The number of carbonyl (C=O) groups is 1. The van der Waals surface area contributed by atoms with Crippen molar-refractivity contribution in [1.82, 2.24) is 5.32 Å². The number of nitrogens with two attached hydrogens (primary N) is 1. The maximum absolute atomic E-state index is 12.6. The fourth-order valence-corrected chi connectivity index (χ4v) is 5.33. The Morgan fingerprint density at radius 1 is 1.36 bits per heavy atom. The van der Waals surface area contributed by atoms with Crippen molar-refractivity contribution in [2.75, 3.05) is 0 Å². The first kappa shape index (κ1) is 16.0. The van der Waals surface area contributed by atoms with Crippen molar-refractivity contribution in [3.8, 4) is 0 Å². The molecule has 0 radical (unpaired) electrons. The lowest BCUT2D eigenvalue weighted by molar-refractivity contribution is -0.128. The third-order valence-electron chi connectivity index (χ3n) is 5.48. The lowest BCUT2D eigenvalue weighted by Gasteiger charge is -2.43.